The Kier molecular flexibility index (Phi) is 5.44. The second-order valence-electron chi connectivity index (χ2n) is 4.35. The van der Waals surface area contributed by atoms with E-state index < -0.39 is 0 Å². The van der Waals surface area contributed by atoms with Crippen LogP contribution in [0.25, 0.3) is 0 Å². The maximum atomic E-state index is 11.5. The fourth-order valence-electron chi connectivity index (χ4n) is 2.50. The summed E-state index contributed by atoms with van der Waals surface area (Å²) in [7, 11) is 1.65. The van der Waals surface area contributed by atoms with Gasteiger partial charge in [0.25, 0.3) is 0 Å². The lowest BCUT2D eigenvalue weighted by Gasteiger charge is -2.31. The van der Waals surface area contributed by atoms with Gasteiger partial charge in [0, 0.05) is 18.4 Å². The normalized spacial score (nSPS) is 22.9. The van der Waals surface area contributed by atoms with E-state index in [0.717, 1.165) is 30.8 Å². The molecule has 4 nitrogen and oxygen atoms in total. The summed E-state index contributed by atoms with van der Waals surface area (Å²) in [6.45, 7) is 1.62. The van der Waals surface area contributed by atoms with Gasteiger partial charge in [-0.15, -0.1) is 12.4 Å². The Hall–Kier alpha value is -1.26. The van der Waals surface area contributed by atoms with Crippen LogP contribution in [0, 0.1) is 5.92 Å². The molecule has 1 aromatic rings. The van der Waals surface area contributed by atoms with E-state index in [1.165, 1.54) is 0 Å². The SMILES string of the molecule is COc1ccccc1C1CNCCC1C(N)=O.Cl. The van der Waals surface area contributed by atoms with Gasteiger partial charge in [0.1, 0.15) is 5.75 Å². The van der Waals surface area contributed by atoms with Gasteiger partial charge in [-0.2, -0.15) is 0 Å². The molecule has 0 bridgehead atoms. The lowest BCUT2D eigenvalue weighted by molar-refractivity contribution is -0.123. The molecule has 1 aromatic carbocycles. The van der Waals surface area contributed by atoms with Crippen molar-refractivity contribution in [2.24, 2.45) is 11.7 Å². The van der Waals surface area contributed by atoms with E-state index in [-0.39, 0.29) is 30.2 Å². The van der Waals surface area contributed by atoms with Gasteiger partial charge in [-0.1, -0.05) is 18.2 Å². The zero-order valence-corrected chi connectivity index (χ0v) is 11.2. The molecule has 3 N–H and O–H groups in total. The average molecular weight is 271 g/mol. The first-order valence-electron chi connectivity index (χ1n) is 5.87. The fourth-order valence-corrected chi connectivity index (χ4v) is 2.50. The molecule has 1 fully saturated rings. The largest absolute Gasteiger partial charge is 0.496 e. The van der Waals surface area contributed by atoms with Crippen LogP contribution in [0.3, 0.4) is 0 Å². The van der Waals surface area contributed by atoms with Crippen molar-refractivity contribution in [1.29, 1.82) is 0 Å². The van der Waals surface area contributed by atoms with Crippen LogP contribution in [0.1, 0.15) is 17.9 Å². The van der Waals surface area contributed by atoms with Gasteiger partial charge in [-0.3, -0.25) is 4.79 Å². The number of primary amides is 1. The van der Waals surface area contributed by atoms with Crippen LogP contribution in [0.2, 0.25) is 0 Å². The highest BCUT2D eigenvalue weighted by atomic mass is 35.5. The zero-order chi connectivity index (χ0) is 12.3. The third-order valence-electron chi connectivity index (χ3n) is 3.39. The number of nitrogens with one attached hydrogen (secondary N) is 1. The number of hydrogen-bond acceptors (Lipinski definition) is 3. The number of nitrogens with two attached hydrogens (primary N) is 1. The Balaban J connectivity index is 0.00000162. The standard InChI is InChI=1S/C13H18N2O2.ClH/c1-17-12-5-3-2-4-9(12)11-8-15-7-6-10(11)13(14)16;/h2-5,10-11,15H,6-8H2,1H3,(H2,14,16);1H. The highest BCUT2D eigenvalue weighted by molar-refractivity contribution is 5.85. The molecule has 0 aromatic heterocycles. The van der Waals surface area contributed by atoms with E-state index in [4.69, 9.17) is 10.5 Å². The number of rotatable bonds is 3. The number of hydrogen-bond donors (Lipinski definition) is 2. The summed E-state index contributed by atoms with van der Waals surface area (Å²) in [5.74, 6) is 0.611. The van der Waals surface area contributed by atoms with Crippen LogP contribution >= 0.6 is 12.4 Å². The number of piperidine rings is 1. The third-order valence-corrected chi connectivity index (χ3v) is 3.39. The van der Waals surface area contributed by atoms with Gasteiger partial charge in [0.05, 0.1) is 7.11 Å². The van der Waals surface area contributed by atoms with Crippen molar-refractivity contribution in [1.82, 2.24) is 5.32 Å². The Morgan fingerprint density at radius 3 is 2.83 bits per heavy atom. The van der Waals surface area contributed by atoms with Crippen LogP contribution < -0.4 is 15.8 Å². The highest BCUT2D eigenvalue weighted by Gasteiger charge is 2.31. The number of para-hydroxylation sites is 1. The molecular weight excluding hydrogens is 252 g/mol. The smallest absolute Gasteiger partial charge is 0.221 e. The lowest BCUT2D eigenvalue weighted by Crippen LogP contribution is -2.41. The molecule has 2 atom stereocenters. The minimum Gasteiger partial charge on any atom is -0.496 e. The van der Waals surface area contributed by atoms with Crippen molar-refractivity contribution in [2.45, 2.75) is 12.3 Å². The van der Waals surface area contributed by atoms with E-state index in [1.54, 1.807) is 7.11 Å². The van der Waals surface area contributed by atoms with Gasteiger partial charge in [-0.05, 0) is 24.6 Å². The summed E-state index contributed by atoms with van der Waals surface area (Å²) >= 11 is 0. The van der Waals surface area contributed by atoms with E-state index in [1.807, 2.05) is 24.3 Å². The van der Waals surface area contributed by atoms with Crippen LogP contribution in [0.4, 0.5) is 0 Å². The first-order valence-corrected chi connectivity index (χ1v) is 5.87. The molecule has 0 aliphatic carbocycles. The fraction of sp³-hybridized carbons (Fsp3) is 0.462. The number of ether oxygens (including phenoxy) is 1. The number of benzene rings is 1. The number of carbonyl (C=O) groups is 1. The molecule has 5 heteroatoms. The van der Waals surface area contributed by atoms with E-state index in [9.17, 15) is 4.79 Å². The number of halogens is 1. The van der Waals surface area contributed by atoms with Crippen molar-refractivity contribution in [3.8, 4) is 5.75 Å². The number of amides is 1. The van der Waals surface area contributed by atoms with E-state index in [0.29, 0.717) is 0 Å². The van der Waals surface area contributed by atoms with Crippen LogP contribution in [-0.2, 0) is 4.79 Å². The maximum absolute atomic E-state index is 11.5. The minimum atomic E-state index is -0.220. The van der Waals surface area contributed by atoms with Crippen LogP contribution in [0.5, 0.6) is 5.75 Å². The number of carbonyl (C=O) groups excluding carboxylic acids is 1. The van der Waals surface area contributed by atoms with Gasteiger partial charge >= 0.3 is 0 Å². The Morgan fingerprint density at radius 2 is 2.17 bits per heavy atom. The molecule has 1 saturated heterocycles. The first kappa shape index (κ1) is 14.8. The molecular formula is C13H19ClN2O2. The summed E-state index contributed by atoms with van der Waals surface area (Å²) in [5, 5.41) is 3.31. The van der Waals surface area contributed by atoms with Gasteiger partial charge in [0.15, 0.2) is 0 Å². The van der Waals surface area contributed by atoms with Gasteiger partial charge in [0.2, 0.25) is 5.91 Å². The molecule has 2 unspecified atom stereocenters. The first-order chi connectivity index (χ1) is 8.24. The quantitative estimate of drug-likeness (QED) is 0.870. The summed E-state index contributed by atoms with van der Waals surface area (Å²) in [4.78, 5) is 11.5. The summed E-state index contributed by atoms with van der Waals surface area (Å²) in [5.41, 5.74) is 6.54. The van der Waals surface area contributed by atoms with E-state index >= 15 is 0 Å². The summed E-state index contributed by atoms with van der Waals surface area (Å²) in [6, 6.07) is 7.82. The summed E-state index contributed by atoms with van der Waals surface area (Å²) in [6.07, 6.45) is 0.790. The average Bonchev–Trinajstić information content (AvgIpc) is 2.38. The molecule has 1 aliphatic heterocycles. The van der Waals surface area contributed by atoms with E-state index in [2.05, 4.69) is 5.32 Å². The predicted octanol–water partition coefficient (Wildman–Crippen LogP) is 1.30. The van der Waals surface area contributed by atoms with Crippen molar-refractivity contribution in [3.05, 3.63) is 29.8 Å². The molecule has 0 spiro atoms. The number of methoxy groups -OCH3 is 1. The van der Waals surface area contributed by atoms with Gasteiger partial charge < -0.3 is 15.8 Å². The molecule has 1 amide bonds. The monoisotopic (exact) mass is 270 g/mol. The maximum Gasteiger partial charge on any atom is 0.221 e. The van der Waals surface area contributed by atoms with Crippen LogP contribution in [0.15, 0.2) is 24.3 Å². The molecule has 0 saturated carbocycles. The minimum absolute atomic E-state index is 0. The van der Waals surface area contributed by atoms with Gasteiger partial charge in [-0.25, -0.2) is 0 Å². The Labute approximate surface area is 113 Å². The topological polar surface area (TPSA) is 64.3 Å². The van der Waals surface area contributed by atoms with Crippen LogP contribution in [-0.4, -0.2) is 26.1 Å². The second kappa shape index (κ2) is 6.61. The van der Waals surface area contributed by atoms with Crippen molar-refractivity contribution in [3.63, 3.8) is 0 Å². The molecule has 1 aliphatic rings. The molecule has 1 heterocycles. The Morgan fingerprint density at radius 1 is 1.44 bits per heavy atom. The molecule has 100 valence electrons. The third kappa shape index (κ3) is 2.94. The highest BCUT2D eigenvalue weighted by Crippen LogP contribution is 2.34. The molecule has 2 rings (SSSR count). The zero-order valence-electron chi connectivity index (χ0n) is 10.4. The lowest BCUT2D eigenvalue weighted by atomic mass is 9.80. The molecule has 18 heavy (non-hydrogen) atoms. The van der Waals surface area contributed by atoms with Crippen molar-refractivity contribution < 1.29 is 9.53 Å². The van der Waals surface area contributed by atoms with Crippen molar-refractivity contribution in [2.75, 3.05) is 20.2 Å². The predicted molar refractivity (Wildman–Crippen MR) is 73.2 cm³/mol. The van der Waals surface area contributed by atoms with Crippen molar-refractivity contribution >= 4 is 18.3 Å². The summed E-state index contributed by atoms with van der Waals surface area (Å²) < 4.78 is 5.35. The molecule has 0 radical (unpaired) electrons. The second-order valence-corrected chi connectivity index (χ2v) is 4.35. The Bertz CT molecular complexity index is 412.